The predicted molar refractivity (Wildman–Crippen MR) is 62.5 cm³/mol. The molecule has 0 aliphatic heterocycles. The van der Waals surface area contributed by atoms with Gasteiger partial charge in [-0.25, -0.2) is 4.79 Å². The third kappa shape index (κ3) is 10.9. The SMILES string of the molecule is C/N=C/CCCCNC(=O)OC(C)(C)C. The van der Waals surface area contributed by atoms with E-state index in [9.17, 15) is 4.79 Å². The maximum atomic E-state index is 11.2. The van der Waals surface area contributed by atoms with Crippen molar-refractivity contribution in [1.29, 1.82) is 0 Å². The number of nitrogens with zero attached hydrogens (tertiary/aromatic N) is 1. The molecule has 15 heavy (non-hydrogen) atoms. The number of amides is 1. The van der Waals surface area contributed by atoms with E-state index in [1.807, 2.05) is 27.0 Å². The minimum atomic E-state index is -0.418. The lowest BCUT2D eigenvalue weighted by Gasteiger charge is -2.19. The Morgan fingerprint density at radius 3 is 2.60 bits per heavy atom. The van der Waals surface area contributed by atoms with Crippen molar-refractivity contribution in [1.82, 2.24) is 5.32 Å². The zero-order chi connectivity index (χ0) is 11.7. The van der Waals surface area contributed by atoms with Gasteiger partial charge in [-0.2, -0.15) is 0 Å². The lowest BCUT2D eigenvalue weighted by molar-refractivity contribution is 0.0527. The molecule has 0 unspecified atom stereocenters. The first-order valence-electron chi connectivity index (χ1n) is 5.33. The third-order valence-corrected chi connectivity index (χ3v) is 1.61. The summed E-state index contributed by atoms with van der Waals surface area (Å²) in [4.78, 5) is 15.1. The minimum Gasteiger partial charge on any atom is -0.444 e. The van der Waals surface area contributed by atoms with Gasteiger partial charge in [-0.3, -0.25) is 0 Å². The Kier molecular flexibility index (Phi) is 6.75. The van der Waals surface area contributed by atoms with Crippen LogP contribution in [0.3, 0.4) is 0 Å². The molecule has 0 rings (SSSR count). The molecule has 88 valence electrons. The van der Waals surface area contributed by atoms with Crippen LogP contribution in [0.1, 0.15) is 40.0 Å². The highest BCUT2D eigenvalue weighted by Gasteiger charge is 2.15. The maximum Gasteiger partial charge on any atom is 0.407 e. The van der Waals surface area contributed by atoms with Gasteiger partial charge in [0.05, 0.1) is 0 Å². The van der Waals surface area contributed by atoms with E-state index < -0.39 is 5.60 Å². The topological polar surface area (TPSA) is 50.7 Å². The van der Waals surface area contributed by atoms with Gasteiger partial charge in [0.25, 0.3) is 0 Å². The Bertz CT molecular complexity index is 207. The van der Waals surface area contributed by atoms with Gasteiger partial charge in [0.2, 0.25) is 0 Å². The van der Waals surface area contributed by atoms with Crippen LogP contribution in [0.25, 0.3) is 0 Å². The fourth-order valence-electron chi connectivity index (χ4n) is 0.994. The maximum absolute atomic E-state index is 11.2. The van der Waals surface area contributed by atoms with Crippen molar-refractivity contribution in [2.45, 2.75) is 45.6 Å². The number of carbonyl (C=O) groups excluding carboxylic acids is 1. The van der Waals surface area contributed by atoms with Gasteiger partial charge in [0.15, 0.2) is 0 Å². The molecule has 4 heteroatoms. The third-order valence-electron chi connectivity index (χ3n) is 1.61. The molecule has 0 aromatic heterocycles. The van der Waals surface area contributed by atoms with Crippen molar-refractivity contribution in [3.63, 3.8) is 0 Å². The molecule has 0 aliphatic rings. The molecule has 1 amide bonds. The van der Waals surface area contributed by atoms with Gasteiger partial charge in [0, 0.05) is 13.6 Å². The number of hydrogen-bond donors (Lipinski definition) is 1. The van der Waals surface area contributed by atoms with Gasteiger partial charge in [0.1, 0.15) is 5.60 Å². The van der Waals surface area contributed by atoms with Gasteiger partial charge in [-0.05, 0) is 46.2 Å². The molecule has 1 N–H and O–H groups in total. The molecule has 0 radical (unpaired) electrons. The smallest absolute Gasteiger partial charge is 0.407 e. The summed E-state index contributed by atoms with van der Waals surface area (Å²) in [5.41, 5.74) is -0.418. The average molecular weight is 214 g/mol. The van der Waals surface area contributed by atoms with E-state index in [4.69, 9.17) is 4.74 Å². The Balaban J connectivity index is 3.40. The predicted octanol–water partition coefficient (Wildman–Crippen LogP) is 2.38. The van der Waals surface area contributed by atoms with Crippen LogP contribution in [0.15, 0.2) is 4.99 Å². The van der Waals surface area contributed by atoms with Gasteiger partial charge < -0.3 is 15.0 Å². The van der Waals surface area contributed by atoms with E-state index in [1.54, 1.807) is 7.05 Å². The van der Waals surface area contributed by atoms with Crippen LogP contribution in [0.5, 0.6) is 0 Å². The van der Waals surface area contributed by atoms with Crippen LogP contribution >= 0.6 is 0 Å². The van der Waals surface area contributed by atoms with Gasteiger partial charge >= 0.3 is 6.09 Å². The Hall–Kier alpha value is -1.06. The summed E-state index contributed by atoms with van der Waals surface area (Å²) in [5, 5.41) is 2.71. The van der Waals surface area contributed by atoms with Gasteiger partial charge in [-0.1, -0.05) is 0 Å². The molecule has 0 heterocycles. The molecule has 0 aromatic carbocycles. The molecule has 0 fully saturated rings. The fraction of sp³-hybridized carbons (Fsp3) is 0.818. The fourth-order valence-corrected chi connectivity index (χ4v) is 0.994. The normalized spacial score (nSPS) is 11.7. The van der Waals surface area contributed by atoms with Crippen LogP contribution in [0.2, 0.25) is 0 Å². The molecule has 0 atom stereocenters. The zero-order valence-electron chi connectivity index (χ0n) is 10.2. The van der Waals surface area contributed by atoms with Gasteiger partial charge in [-0.15, -0.1) is 0 Å². The highest BCUT2D eigenvalue weighted by atomic mass is 16.6. The largest absolute Gasteiger partial charge is 0.444 e. The summed E-state index contributed by atoms with van der Waals surface area (Å²) in [5.74, 6) is 0. The highest BCUT2D eigenvalue weighted by molar-refractivity contribution is 5.67. The minimum absolute atomic E-state index is 0.341. The molecule has 0 saturated heterocycles. The summed E-state index contributed by atoms with van der Waals surface area (Å²) in [6.45, 7) is 6.21. The van der Waals surface area contributed by atoms with Crippen LogP contribution in [-0.4, -0.2) is 31.5 Å². The van der Waals surface area contributed by atoms with Crippen molar-refractivity contribution < 1.29 is 9.53 Å². The quantitative estimate of drug-likeness (QED) is 0.564. The van der Waals surface area contributed by atoms with Crippen molar-refractivity contribution in [2.24, 2.45) is 4.99 Å². The Morgan fingerprint density at radius 1 is 1.40 bits per heavy atom. The second kappa shape index (κ2) is 7.26. The Morgan fingerprint density at radius 2 is 2.07 bits per heavy atom. The lowest BCUT2D eigenvalue weighted by atomic mass is 10.2. The standard InChI is InChI=1S/C11H22N2O2/c1-11(2,3)15-10(14)13-9-7-5-6-8-12-4/h8H,5-7,9H2,1-4H3,(H,13,14)/b12-8+. The molecule has 4 nitrogen and oxygen atoms in total. The monoisotopic (exact) mass is 214 g/mol. The first kappa shape index (κ1) is 13.9. The summed E-state index contributed by atoms with van der Waals surface area (Å²) in [7, 11) is 1.76. The highest BCUT2D eigenvalue weighted by Crippen LogP contribution is 2.06. The van der Waals surface area contributed by atoms with E-state index in [2.05, 4.69) is 10.3 Å². The van der Waals surface area contributed by atoms with E-state index >= 15 is 0 Å². The number of unbranched alkanes of at least 4 members (excludes halogenated alkanes) is 2. The number of ether oxygens (including phenoxy) is 1. The van der Waals surface area contributed by atoms with Crippen molar-refractivity contribution >= 4 is 12.3 Å². The van der Waals surface area contributed by atoms with Crippen LogP contribution in [0, 0.1) is 0 Å². The van der Waals surface area contributed by atoms with Crippen molar-refractivity contribution in [3.05, 3.63) is 0 Å². The van der Waals surface area contributed by atoms with Crippen LogP contribution < -0.4 is 5.32 Å². The zero-order valence-corrected chi connectivity index (χ0v) is 10.2. The summed E-state index contributed by atoms with van der Waals surface area (Å²) in [6.07, 6.45) is 4.49. The molecule has 0 aromatic rings. The molecule has 0 aliphatic carbocycles. The van der Waals surface area contributed by atoms with Crippen LogP contribution in [-0.2, 0) is 4.74 Å². The Labute approximate surface area is 92.1 Å². The number of hydrogen-bond acceptors (Lipinski definition) is 3. The van der Waals surface area contributed by atoms with E-state index in [1.165, 1.54) is 0 Å². The number of alkyl carbamates (subject to hydrolysis) is 1. The summed E-state index contributed by atoms with van der Waals surface area (Å²) in [6, 6.07) is 0. The molecule has 0 bridgehead atoms. The lowest BCUT2D eigenvalue weighted by Crippen LogP contribution is -2.32. The molecule has 0 saturated carbocycles. The summed E-state index contributed by atoms with van der Waals surface area (Å²) >= 11 is 0. The van der Waals surface area contributed by atoms with Crippen LogP contribution in [0.4, 0.5) is 4.79 Å². The van der Waals surface area contributed by atoms with E-state index in [-0.39, 0.29) is 6.09 Å². The molecular weight excluding hydrogens is 192 g/mol. The average Bonchev–Trinajstić information content (AvgIpc) is 2.08. The van der Waals surface area contributed by atoms with Crippen molar-refractivity contribution in [3.8, 4) is 0 Å². The van der Waals surface area contributed by atoms with Crippen molar-refractivity contribution in [2.75, 3.05) is 13.6 Å². The number of carbonyl (C=O) groups is 1. The van der Waals surface area contributed by atoms with E-state index in [0.29, 0.717) is 6.54 Å². The van der Waals surface area contributed by atoms with E-state index in [0.717, 1.165) is 19.3 Å². The number of rotatable bonds is 5. The first-order chi connectivity index (χ1) is 6.95. The second-order valence-electron chi connectivity index (χ2n) is 4.37. The molecule has 0 spiro atoms. The summed E-state index contributed by atoms with van der Waals surface area (Å²) < 4.78 is 5.09. The number of nitrogens with one attached hydrogen (secondary N) is 1. The molecular formula is C11H22N2O2. The first-order valence-corrected chi connectivity index (χ1v) is 5.33. The second-order valence-corrected chi connectivity index (χ2v) is 4.37. The number of aliphatic imine (C=N–C) groups is 1.